The lowest BCUT2D eigenvalue weighted by Crippen LogP contribution is -2.30. The number of anilines is 2. The van der Waals surface area contributed by atoms with Gasteiger partial charge in [0.05, 0.1) is 12.9 Å². The van der Waals surface area contributed by atoms with E-state index in [4.69, 9.17) is 4.74 Å². The maximum Gasteiger partial charge on any atom is 0.272 e. The Morgan fingerprint density at radius 1 is 0.814 bits per heavy atom. The van der Waals surface area contributed by atoms with Gasteiger partial charge in [0.1, 0.15) is 17.1 Å². The van der Waals surface area contributed by atoms with E-state index >= 15 is 0 Å². The number of nitrogens with one attached hydrogen (secondary N) is 3. The molecule has 0 saturated carbocycles. The van der Waals surface area contributed by atoms with Gasteiger partial charge in [-0.1, -0.05) is 36.4 Å². The minimum Gasteiger partial charge on any atom is -0.497 e. The van der Waals surface area contributed by atoms with E-state index in [1.807, 2.05) is 5.32 Å². The van der Waals surface area contributed by atoms with Gasteiger partial charge in [-0.05, 0) is 54.1 Å². The molecule has 0 radical (unpaired) electrons. The van der Waals surface area contributed by atoms with Crippen LogP contribution in [0.15, 0.2) is 95.5 Å². The van der Waals surface area contributed by atoms with Crippen molar-refractivity contribution in [2.45, 2.75) is 4.90 Å². The zero-order valence-corrected chi connectivity index (χ0v) is 23.2. The first-order valence-electron chi connectivity index (χ1n) is 12.5. The van der Waals surface area contributed by atoms with Crippen LogP contribution in [-0.4, -0.2) is 30.6 Å². The summed E-state index contributed by atoms with van der Waals surface area (Å²) in [6.45, 7) is 0. The van der Waals surface area contributed by atoms with Gasteiger partial charge in [-0.3, -0.25) is 14.4 Å². The largest absolute Gasteiger partial charge is 0.497 e. The van der Waals surface area contributed by atoms with Crippen LogP contribution in [0.1, 0.15) is 15.9 Å². The van der Waals surface area contributed by atoms with Gasteiger partial charge in [0.2, 0.25) is 5.91 Å². The number of amides is 3. The number of hydrogen-bond donors (Lipinski definition) is 3. The molecule has 0 fully saturated rings. The molecular weight excluding hydrogens is 586 g/mol. The summed E-state index contributed by atoms with van der Waals surface area (Å²) in [5.41, 5.74) is -0.0587. The molecule has 43 heavy (non-hydrogen) atoms. The van der Waals surface area contributed by atoms with E-state index in [1.165, 1.54) is 19.3 Å². The highest BCUT2D eigenvalue weighted by Gasteiger charge is 2.21. The minimum absolute atomic E-state index is 0.0409. The first-order valence-corrected chi connectivity index (χ1v) is 13.5. The zero-order chi connectivity index (χ0) is 30.9. The second kappa shape index (κ2) is 14.2. The van der Waals surface area contributed by atoms with Gasteiger partial charge >= 0.3 is 0 Å². The third-order valence-corrected chi connectivity index (χ3v) is 6.77. The van der Waals surface area contributed by atoms with Gasteiger partial charge in [0.15, 0.2) is 23.3 Å². The van der Waals surface area contributed by atoms with Gasteiger partial charge in [-0.15, -0.1) is 11.8 Å². The second-order valence-electron chi connectivity index (χ2n) is 8.82. The van der Waals surface area contributed by atoms with Gasteiger partial charge < -0.3 is 20.7 Å². The lowest BCUT2D eigenvalue weighted by Gasteiger charge is -2.13. The summed E-state index contributed by atoms with van der Waals surface area (Å²) in [4.78, 5) is 38.9. The van der Waals surface area contributed by atoms with Crippen LogP contribution in [0.4, 0.5) is 28.9 Å². The summed E-state index contributed by atoms with van der Waals surface area (Å²) < 4.78 is 59.9. The number of halogens is 4. The van der Waals surface area contributed by atoms with Crippen LogP contribution >= 0.6 is 11.8 Å². The van der Waals surface area contributed by atoms with Crippen molar-refractivity contribution in [3.8, 4) is 5.75 Å². The summed E-state index contributed by atoms with van der Waals surface area (Å²) in [5, 5.41) is 7.16. The van der Waals surface area contributed by atoms with Crippen molar-refractivity contribution in [1.82, 2.24) is 5.32 Å². The van der Waals surface area contributed by atoms with E-state index in [9.17, 15) is 31.9 Å². The molecule has 220 valence electrons. The van der Waals surface area contributed by atoms with Gasteiger partial charge in [-0.2, -0.15) is 0 Å². The molecule has 0 aliphatic rings. The van der Waals surface area contributed by atoms with Crippen molar-refractivity contribution in [2.75, 3.05) is 23.5 Å². The SMILES string of the molecule is COc1cccc(/C=C(\NC(=O)c2ccccc2)C(=O)Nc2cccc(SCC(=O)Nc3c(F)c(F)cc(F)c3F)c2)c1. The highest BCUT2D eigenvalue weighted by atomic mass is 32.2. The topological polar surface area (TPSA) is 96.5 Å². The first kappa shape index (κ1) is 30.8. The van der Waals surface area contributed by atoms with Crippen LogP contribution in [0, 0.1) is 23.3 Å². The Balaban J connectivity index is 1.48. The van der Waals surface area contributed by atoms with Crippen LogP contribution < -0.4 is 20.7 Å². The number of methoxy groups -OCH3 is 1. The van der Waals surface area contributed by atoms with Crippen LogP contribution in [0.2, 0.25) is 0 Å². The molecule has 0 aromatic heterocycles. The number of hydrogen-bond acceptors (Lipinski definition) is 5. The lowest BCUT2D eigenvalue weighted by molar-refractivity contribution is -0.114. The molecule has 0 bridgehead atoms. The van der Waals surface area contributed by atoms with E-state index in [0.29, 0.717) is 27.5 Å². The van der Waals surface area contributed by atoms with Gasteiger partial charge in [0, 0.05) is 22.2 Å². The average molecular weight is 610 g/mol. The normalized spacial score (nSPS) is 11.0. The monoisotopic (exact) mass is 609 g/mol. The third-order valence-electron chi connectivity index (χ3n) is 5.77. The molecule has 4 aromatic carbocycles. The Hall–Kier alpha value is -5.10. The van der Waals surface area contributed by atoms with Crippen molar-refractivity contribution in [3.63, 3.8) is 0 Å². The average Bonchev–Trinajstić information content (AvgIpc) is 3.01. The molecule has 0 atom stereocenters. The summed E-state index contributed by atoms with van der Waals surface area (Å²) in [6, 6.07) is 21.5. The lowest BCUT2D eigenvalue weighted by atomic mass is 10.1. The van der Waals surface area contributed by atoms with Crippen LogP contribution in [0.3, 0.4) is 0 Å². The van der Waals surface area contributed by atoms with Crippen molar-refractivity contribution < 1.29 is 36.7 Å². The maximum absolute atomic E-state index is 13.9. The molecular formula is C31H23F4N3O4S. The Morgan fingerprint density at radius 3 is 2.21 bits per heavy atom. The summed E-state index contributed by atoms with van der Waals surface area (Å²) in [6.07, 6.45) is 1.48. The molecule has 0 spiro atoms. The number of carbonyl (C=O) groups is 3. The van der Waals surface area contributed by atoms with E-state index in [1.54, 1.807) is 72.8 Å². The van der Waals surface area contributed by atoms with E-state index in [2.05, 4.69) is 10.6 Å². The smallest absolute Gasteiger partial charge is 0.272 e. The Morgan fingerprint density at radius 2 is 1.51 bits per heavy atom. The van der Waals surface area contributed by atoms with Gasteiger partial charge in [0.25, 0.3) is 11.8 Å². The predicted molar refractivity (Wildman–Crippen MR) is 156 cm³/mol. The van der Waals surface area contributed by atoms with Crippen LogP contribution in [0.5, 0.6) is 5.75 Å². The molecule has 0 heterocycles. The van der Waals surface area contributed by atoms with Crippen LogP contribution in [-0.2, 0) is 9.59 Å². The summed E-state index contributed by atoms with van der Waals surface area (Å²) >= 11 is 0.938. The van der Waals surface area contributed by atoms with Crippen LogP contribution in [0.25, 0.3) is 6.08 Å². The highest BCUT2D eigenvalue weighted by Crippen LogP contribution is 2.26. The van der Waals surface area contributed by atoms with E-state index in [-0.39, 0.29) is 17.5 Å². The number of rotatable bonds is 10. The molecule has 4 rings (SSSR count). The standard InChI is InChI=1S/C31H23F4N3O4S/c1-42-21-11-5-7-18(13-21)14-25(37-30(40)19-8-3-2-4-9-19)31(41)36-20-10-6-12-22(15-20)43-17-26(39)38-29-27(34)23(32)16-24(33)28(29)35/h2-16H,17H2,1H3,(H,36,41)(H,37,40)(H,38,39)/b25-14-. The summed E-state index contributed by atoms with van der Waals surface area (Å²) in [7, 11) is 1.50. The second-order valence-corrected chi connectivity index (χ2v) is 9.87. The van der Waals surface area contributed by atoms with E-state index in [0.717, 1.165) is 11.8 Å². The fourth-order valence-electron chi connectivity index (χ4n) is 3.71. The number of thioether (sulfide) groups is 1. The van der Waals surface area contributed by atoms with Crippen molar-refractivity contribution in [1.29, 1.82) is 0 Å². The van der Waals surface area contributed by atoms with Gasteiger partial charge in [-0.25, -0.2) is 17.6 Å². The molecule has 0 aliphatic heterocycles. The predicted octanol–water partition coefficient (Wildman–Crippen LogP) is 6.39. The Labute approximate surface area is 248 Å². The highest BCUT2D eigenvalue weighted by molar-refractivity contribution is 8.00. The minimum atomic E-state index is -1.72. The summed E-state index contributed by atoms with van der Waals surface area (Å²) in [5.74, 6) is -8.65. The van der Waals surface area contributed by atoms with Crippen molar-refractivity contribution in [3.05, 3.63) is 125 Å². The molecule has 12 heteroatoms. The Bertz CT molecular complexity index is 1670. The molecule has 0 saturated heterocycles. The molecule has 3 N–H and O–H groups in total. The Kier molecular flexibility index (Phi) is 10.2. The molecule has 0 aliphatic carbocycles. The first-order chi connectivity index (χ1) is 20.6. The number of ether oxygens (including phenoxy) is 1. The van der Waals surface area contributed by atoms with Crippen molar-refractivity contribution >= 4 is 46.9 Å². The van der Waals surface area contributed by atoms with E-state index < -0.39 is 46.7 Å². The zero-order valence-electron chi connectivity index (χ0n) is 22.4. The quantitative estimate of drug-likeness (QED) is 0.0838. The van der Waals surface area contributed by atoms with Crippen molar-refractivity contribution in [2.24, 2.45) is 0 Å². The number of benzene rings is 4. The molecule has 3 amide bonds. The fraction of sp³-hybridized carbons (Fsp3) is 0.0645. The third kappa shape index (κ3) is 8.23. The number of carbonyl (C=O) groups excluding carboxylic acids is 3. The maximum atomic E-state index is 13.9. The molecule has 4 aromatic rings. The fourth-order valence-corrected chi connectivity index (χ4v) is 4.46. The molecule has 7 nitrogen and oxygen atoms in total. The molecule has 0 unspecified atom stereocenters.